The normalized spacial score (nSPS) is 13.2. The quantitative estimate of drug-likeness (QED) is 0.683. The second-order valence-electron chi connectivity index (χ2n) is 2.86. The highest BCUT2D eigenvalue weighted by Gasteiger charge is 2.19. The van der Waals surface area contributed by atoms with E-state index < -0.39 is 5.91 Å². The fourth-order valence-electron chi connectivity index (χ4n) is 1.37. The third-order valence-corrected chi connectivity index (χ3v) is 1.95. The van der Waals surface area contributed by atoms with Crippen molar-refractivity contribution in [3.63, 3.8) is 0 Å². The number of nitrogens with zero attached hydrogens (tertiary/aromatic N) is 2. The summed E-state index contributed by atoms with van der Waals surface area (Å²) in [4.78, 5) is 14.9. The van der Waals surface area contributed by atoms with Gasteiger partial charge in [-0.15, -0.1) is 0 Å². The maximum atomic E-state index is 11.0. The maximum Gasteiger partial charge on any atom is 0.268 e. The number of pyridine rings is 1. The van der Waals surface area contributed by atoms with E-state index in [0.29, 0.717) is 5.69 Å². The molecule has 0 bridgehead atoms. The van der Waals surface area contributed by atoms with Crippen molar-refractivity contribution in [2.75, 3.05) is 0 Å². The molecule has 0 saturated carbocycles. The maximum absolute atomic E-state index is 11.0. The first-order chi connectivity index (χ1) is 6.20. The van der Waals surface area contributed by atoms with Gasteiger partial charge in [0.25, 0.3) is 5.91 Å². The van der Waals surface area contributed by atoms with Crippen LogP contribution in [0.1, 0.15) is 23.0 Å². The molecule has 4 nitrogen and oxygen atoms in total. The largest absolute Gasteiger partial charge is 0.364 e. The van der Waals surface area contributed by atoms with Crippen LogP contribution in [0, 0.1) is 0 Å². The Labute approximate surface area is 75.5 Å². The third kappa shape index (κ3) is 1.07. The first-order valence-corrected chi connectivity index (χ1v) is 3.87. The Morgan fingerprint density at radius 3 is 3.00 bits per heavy atom. The van der Waals surface area contributed by atoms with Gasteiger partial charge in [0, 0.05) is 18.0 Å². The van der Waals surface area contributed by atoms with E-state index >= 15 is 0 Å². The van der Waals surface area contributed by atoms with E-state index in [9.17, 15) is 4.79 Å². The minimum absolute atomic E-state index is 0.299. The smallest absolute Gasteiger partial charge is 0.268 e. The first-order valence-electron chi connectivity index (χ1n) is 3.87. The van der Waals surface area contributed by atoms with Crippen LogP contribution in [0.2, 0.25) is 0 Å². The van der Waals surface area contributed by atoms with Crippen LogP contribution in [-0.2, 0) is 0 Å². The number of nitrogens with two attached hydrogens (primary N) is 1. The number of carbonyl (C=O) groups is 1. The highest BCUT2D eigenvalue weighted by atomic mass is 16.1. The minimum Gasteiger partial charge on any atom is -0.364 e. The predicted octanol–water partition coefficient (Wildman–Crippen LogP) is 0.791. The fourth-order valence-corrected chi connectivity index (χ4v) is 1.37. The van der Waals surface area contributed by atoms with E-state index in [-0.39, 0.29) is 0 Å². The van der Waals surface area contributed by atoms with Gasteiger partial charge in [-0.1, -0.05) is 0 Å². The number of amides is 1. The van der Waals surface area contributed by atoms with Gasteiger partial charge in [-0.3, -0.25) is 15.1 Å². The predicted molar refractivity (Wildman–Crippen MR) is 48.2 cm³/mol. The summed E-state index contributed by atoms with van der Waals surface area (Å²) >= 11 is 0. The van der Waals surface area contributed by atoms with E-state index in [0.717, 1.165) is 16.8 Å². The molecule has 1 radical (unpaired) electrons. The molecule has 2 rings (SSSR count). The molecule has 0 aromatic carbocycles. The molecule has 13 heavy (non-hydrogen) atoms. The second kappa shape index (κ2) is 2.58. The van der Waals surface area contributed by atoms with Crippen molar-refractivity contribution in [2.45, 2.75) is 6.92 Å². The van der Waals surface area contributed by atoms with E-state index in [1.54, 1.807) is 12.3 Å². The monoisotopic (exact) mass is 174 g/mol. The zero-order valence-corrected chi connectivity index (χ0v) is 7.11. The summed E-state index contributed by atoms with van der Waals surface area (Å²) in [6, 6.07) is 1.76. The molecule has 1 amide bonds. The van der Waals surface area contributed by atoms with Crippen molar-refractivity contribution in [3.05, 3.63) is 29.7 Å². The number of primary amides is 1. The van der Waals surface area contributed by atoms with Gasteiger partial charge < -0.3 is 5.73 Å². The molecule has 0 atom stereocenters. The van der Waals surface area contributed by atoms with Gasteiger partial charge in [0.1, 0.15) is 5.69 Å². The molecule has 0 aliphatic carbocycles. The Hall–Kier alpha value is -1.84. The number of allylic oxidation sites excluding steroid dienone is 1. The van der Waals surface area contributed by atoms with Gasteiger partial charge in [0.15, 0.2) is 0 Å². The summed E-state index contributed by atoms with van der Waals surface area (Å²) in [5.41, 5.74) is 7.93. The van der Waals surface area contributed by atoms with Crippen LogP contribution in [0.4, 0.5) is 5.69 Å². The summed E-state index contributed by atoms with van der Waals surface area (Å²) < 4.78 is 0. The Balaban J connectivity index is 2.66. The van der Waals surface area contributed by atoms with Crippen LogP contribution in [0.15, 0.2) is 18.5 Å². The third-order valence-electron chi connectivity index (χ3n) is 1.95. The zero-order chi connectivity index (χ0) is 9.42. The highest BCUT2D eigenvalue weighted by Crippen LogP contribution is 2.30. The van der Waals surface area contributed by atoms with Gasteiger partial charge in [-0.25, -0.2) is 0 Å². The van der Waals surface area contributed by atoms with E-state index in [1.165, 1.54) is 6.20 Å². The van der Waals surface area contributed by atoms with E-state index in [4.69, 9.17) is 5.73 Å². The van der Waals surface area contributed by atoms with Gasteiger partial charge >= 0.3 is 0 Å². The van der Waals surface area contributed by atoms with Gasteiger partial charge in [-0.05, 0) is 18.6 Å². The molecule has 4 heteroatoms. The van der Waals surface area contributed by atoms with Crippen LogP contribution in [0.5, 0.6) is 0 Å². The molecule has 1 aromatic rings. The van der Waals surface area contributed by atoms with Crippen LogP contribution < -0.4 is 11.1 Å². The lowest BCUT2D eigenvalue weighted by Crippen LogP contribution is -2.15. The summed E-state index contributed by atoms with van der Waals surface area (Å²) in [7, 11) is 0. The number of aromatic nitrogens is 1. The zero-order valence-electron chi connectivity index (χ0n) is 7.11. The van der Waals surface area contributed by atoms with Crippen LogP contribution in [0.25, 0.3) is 5.57 Å². The number of rotatable bonds is 1. The standard InChI is InChI=1S/C9H8N3O/c1-5-4-12-6-2-3-11-8(7(5)6)9(10)13/h2-4H,1H3,(H2,10,13). The van der Waals surface area contributed by atoms with Crippen molar-refractivity contribution >= 4 is 17.2 Å². The van der Waals surface area contributed by atoms with Crippen molar-refractivity contribution in [1.82, 2.24) is 10.3 Å². The minimum atomic E-state index is -0.512. The Morgan fingerprint density at radius 2 is 2.31 bits per heavy atom. The molecule has 0 fully saturated rings. The Kier molecular flexibility index (Phi) is 1.55. The second-order valence-corrected chi connectivity index (χ2v) is 2.86. The average Bonchev–Trinajstić information content (AvgIpc) is 2.48. The summed E-state index contributed by atoms with van der Waals surface area (Å²) in [5.74, 6) is -0.512. The summed E-state index contributed by atoms with van der Waals surface area (Å²) in [6.45, 7) is 1.88. The lowest BCUT2D eigenvalue weighted by molar-refractivity contribution is 0.0995. The molecule has 0 unspecified atom stereocenters. The number of carbonyl (C=O) groups excluding carboxylic acids is 1. The van der Waals surface area contributed by atoms with Crippen molar-refractivity contribution < 1.29 is 4.79 Å². The van der Waals surface area contributed by atoms with Crippen LogP contribution in [0.3, 0.4) is 0 Å². The molecule has 1 aliphatic rings. The Bertz CT molecular complexity index is 409. The van der Waals surface area contributed by atoms with Crippen molar-refractivity contribution in [1.29, 1.82) is 0 Å². The van der Waals surface area contributed by atoms with Crippen LogP contribution >= 0.6 is 0 Å². The molecular formula is C9H8N3O. The lowest BCUT2D eigenvalue weighted by Gasteiger charge is -2.03. The van der Waals surface area contributed by atoms with Crippen molar-refractivity contribution in [3.8, 4) is 0 Å². The number of hydrogen-bond acceptors (Lipinski definition) is 2. The first kappa shape index (κ1) is 7.79. The molecule has 1 aliphatic heterocycles. The Morgan fingerprint density at radius 1 is 1.54 bits per heavy atom. The fraction of sp³-hybridized carbons (Fsp3) is 0.111. The lowest BCUT2D eigenvalue weighted by atomic mass is 10.1. The number of hydrogen-bond donors (Lipinski definition) is 1. The molecule has 1 aromatic heterocycles. The molecular weight excluding hydrogens is 166 g/mol. The molecule has 2 heterocycles. The molecule has 65 valence electrons. The van der Waals surface area contributed by atoms with Crippen molar-refractivity contribution in [2.24, 2.45) is 5.73 Å². The van der Waals surface area contributed by atoms with Gasteiger partial charge in [0.2, 0.25) is 0 Å². The molecule has 0 saturated heterocycles. The molecule has 2 N–H and O–H groups in total. The van der Waals surface area contributed by atoms with E-state index in [1.807, 2.05) is 6.92 Å². The highest BCUT2D eigenvalue weighted by molar-refractivity contribution is 5.99. The van der Waals surface area contributed by atoms with Gasteiger partial charge in [0.05, 0.1) is 5.69 Å². The van der Waals surface area contributed by atoms with Crippen LogP contribution in [-0.4, -0.2) is 10.9 Å². The SMILES string of the molecule is CC1=C[N]c2ccnc(C(N)=O)c21. The van der Waals surface area contributed by atoms with Gasteiger partial charge in [-0.2, -0.15) is 0 Å². The molecule has 0 spiro atoms. The average molecular weight is 174 g/mol. The topological polar surface area (TPSA) is 70.1 Å². The summed E-state index contributed by atoms with van der Waals surface area (Å²) in [5, 5.41) is 4.11. The summed E-state index contributed by atoms with van der Waals surface area (Å²) in [6.07, 6.45) is 3.24. The number of fused-ring (bicyclic) bond motifs is 1. The van der Waals surface area contributed by atoms with E-state index in [2.05, 4.69) is 10.3 Å².